The number of rotatable bonds is 2. The molecule has 4 heteroatoms. The van der Waals surface area contributed by atoms with Crippen molar-refractivity contribution in [3.05, 3.63) is 26.6 Å². The first-order valence-corrected chi connectivity index (χ1v) is 5.37. The number of halogens is 1. The highest BCUT2D eigenvalue weighted by Gasteiger charge is 2.08. The van der Waals surface area contributed by atoms with E-state index in [1.54, 1.807) is 10.8 Å². The van der Waals surface area contributed by atoms with Crippen LogP contribution in [0.4, 0.5) is 5.69 Å². The molecule has 0 aromatic carbocycles. The molecule has 1 aromatic heterocycles. The van der Waals surface area contributed by atoms with Gasteiger partial charge in [-0.1, -0.05) is 13.8 Å². The zero-order chi connectivity index (χ0) is 10.9. The van der Waals surface area contributed by atoms with Crippen molar-refractivity contribution in [2.24, 2.45) is 5.92 Å². The Balaban J connectivity index is 3.27. The number of hydrogen-bond acceptors (Lipinski definition) is 2. The highest BCUT2D eigenvalue weighted by molar-refractivity contribution is 9.10. The molecule has 1 rings (SSSR count). The van der Waals surface area contributed by atoms with E-state index in [0.29, 0.717) is 22.6 Å². The van der Waals surface area contributed by atoms with E-state index >= 15 is 0 Å². The minimum Gasteiger partial charge on any atom is -0.397 e. The third-order valence-electron chi connectivity index (χ3n) is 2.07. The van der Waals surface area contributed by atoms with E-state index in [0.717, 1.165) is 5.56 Å². The third-order valence-corrected chi connectivity index (χ3v) is 3.00. The molecular formula is C10H15BrN2O. The Kier molecular flexibility index (Phi) is 3.37. The predicted octanol–water partition coefficient (Wildman–Crippen LogP) is 2.16. The Labute approximate surface area is 92.1 Å². The van der Waals surface area contributed by atoms with E-state index in [1.165, 1.54) is 0 Å². The zero-order valence-electron chi connectivity index (χ0n) is 8.67. The fourth-order valence-electron chi connectivity index (χ4n) is 1.27. The molecule has 0 bridgehead atoms. The first-order valence-electron chi connectivity index (χ1n) is 4.58. The average molecular weight is 259 g/mol. The van der Waals surface area contributed by atoms with E-state index in [9.17, 15) is 4.79 Å². The minimum atomic E-state index is -0.00889. The molecule has 2 N–H and O–H groups in total. The molecule has 0 fully saturated rings. The van der Waals surface area contributed by atoms with E-state index in [4.69, 9.17) is 5.73 Å². The Morgan fingerprint density at radius 3 is 2.64 bits per heavy atom. The topological polar surface area (TPSA) is 48.0 Å². The Bertz CT molecular complexity index is 396. The summed E-state index contributed by atoms with van der Waals surface area (Å²) in [5, 5.41) is 0. The zero-order valence-corrected chi connectivity index (χ0v) is 10.3. The van der Waals surface area contributed by atoms with E-state index in [-0.39, 0.29) is 5.56 Å². The van der Waals surface area contributed by atoms with Crippen LogP contribution in [0.5, 0.6) is 0 Å². The van der Waals surface area contributed by atoms with Gasteiger partial charge in [0.2, 0.25) is 0 Å². The van der Waals surface area contributed by atoms with Crippen molar-refractivity contribution in [3.8, 4) is 0 Å². The summed E-state index contributed by atoms with van der Waals surface area (Å²) in [7, 11) is 0. The molecule has 0 unspecified atom stereocenters. The van der Waals surface area contributed by atoms with Gasteiger partial charge in [0.15, 0.2) is 0 Å². The van der Waals surface area contributed by atoms with Gasteiger partial charge in [-0.05, 0) is 34.3 Å². The van der Waals surface area contributed by atoms with Gasteiger partial charge in [0, 0.05) is 12.7 Å². The number of nitrogens with two attached hydrogens (primary N) is 1. The Morgan fingerprint density at radius 1 is 1.57 bits per heavy atom. The normalized spacial score (nSPS) is 10.9. The van der Waals surface area contributed by atoms with Crippen molar-refractivity contribution < 1.29 is 0 Å². The molecule has 3 nitrogen and oxygen atoms in total. The van der Waals surface area contributed by atoms with E-state index in [1.807, 2.05) is 6.92 Å². The van der Waals surface area contributed by atoms with Gasteiger partial charge in [-0.15, -0.1) is 0 Å². The van der Waals surface area contributed by atoms with E-state index in [2.05, 4.69) is 29.8 Å². The lowest BCUT2D eigenvalue weighted by Crippen LogP contribution is -2.24. The summed E-state index contributed by atoms with van der Waals surface area (Å²) in [5.74, 6) is 0.432. The van der Waals surface area contributed by atoms with Gasteiger partial charge in [-0.2, -0.15) is 0 Å². The molecule has 14 heavy (non-hydrogen) atoms. The van der Waals surface area contributed by atoms with Crippen molar-refractivity contribution in [2.45, 2.75) is 27.3 Å². The van der Waals surface area contributed by atoms with Crippen molar-refractivity contribution in [3.63, 3.8) is 0 Å². The predicted molar refractivity (Wildman–Crippen MR) is 62.4 cm³/mol. The SMILES string of the molecule is Cc1c(N)cn(CC(C)C)c(=O)c1Br. The number of nitrogen functional groups attached to an aromatic ring is 1. The summed E-state index contributed by atoms with van der Waals surface area (Å²) in [6.07, 6.45) is 1.71. The van der Waals surface area contributed by atoms with Crippen LogP contribution in [0, 0.1) is 12.8 Å². The average Bonchev–Trinajstić information content (AvgIpc) is 2.10. The summed E-state index contributed by atoms with van der Waals surface area (Å²) in [6, 6.07) is 0. The largest absolute Gasteiger partial charge is 0.397 e. The number of hydrogen-bond donors (Lipinski definition) is 1. The molecule has 0 atom stereocenters. The second-order valence-corrected chi connectivity index (χ2v) is 4.67. The summed E-state index contributed by atoms with van der Waals surface area (Å²) in [5.41, 5.74) is 7.23. The van der Waals surface area contributed by atoms with Crippen LogP contribution in [0.25, 0.3) is 0 Å². The van der Waals surface area contributed by atoms with Crippen LogP contribution < -0.4 is 11.3 Å². The fraction of sp³-hybridized carbons (Fsp3) is 0.500. The minimum absolute atomic E-state index is 0.00889. The maximum absolute atomic E-state index is 11.7. The van der Waals surface area contributed by atoms with Crippen molar-refractivity contribution >= 4 is 21.6 Å². The Morgan fingerprint density at radius 2 is 2.14 bits per heavy atom. The van der Waals surface area contributed by atoms with Gasteiger partial charge >= 0.3 is 0 Å². The van der Waals surface area contributed by atoms with Gasteiger partial charge in [0.25, 0.3) is 5.56 Å². The molecule has 0 spiro atoms. The molecule has 0 saturated carbocycles. The second kappa shape index (κ2) is 4.17. The van der Waals surface area contributed by atoms with Crippen molar-refractivity contribution in [1.29, 1.82) is 0 Å². The summed E-state index contributed by atoms with van der Waals surface area (Å²) in [6.45, 7) is 6.66. The van der Waals surface area contributed by atoms with Crippen LogP contribution in [-0.2, 0) is 6.54 Å². The van der Waals surface area contributed by atoms with Crippen LogP contribution in [0.1, 0.15) is 19.4 Å². The van der Waals surface area contributed by atoms with Crippen LogP contribution in [-0.4, -0.2) is 4.57 Å². The molecule has 0 saturated heterocycles. The van der Waals surface area contributed by atoms with Gasteiger partial charge in [-0.25, -0.2) is 0 Å². The van der Waals surface area contributed by atoms with Gasteiger partial charge < -0.3 is 10.3 Å². The summed E-state index contributed by atoms with van der Waals surface area (Å²) < 4.78 is 2.22. The summed E-state index contributed by atoms with van der Waals surface area (Å²) >= 11 is 3.26. The first-order chi connectivity index (χ1) is 6.43. The van der Waals surface area contributed by atoms with Crippen LogP contribution >= 0.6 is 15.9 Å². The highest BCUT2D eigenvalue weighted by Crippen LogP contribution is 2.17. The van der Waals surface area contributed by atoms with Crippen LogP contribution in [0.2, 0.25) is 0 Å². The molecule has 0 aliphatic carbocycles. The smallest absolute Gasteiger partial charge is 0.265 e. The number of pyridine rings is 1. The Hall–Kier alpha value is -0.770. The van der Waals surface area contributed by atoms with Crippen LogP contribution in [0.15, 0.2) is 15.5 Å². The molecular weight excluding hydrogens is 244 g/mol. The standard InChI is InChI=1S/C10H15BrN2O/c1-6(2)4-13-5-8(12)7(3)9(11)10(13)14/h5-6H,4,12H2,1-3H3. The third kappa shape index (κ3) is 2.18. The highest BCUT2D eigenvalue weighted by atomic mass is 79.9. The molecule has 78 valence electrons. The number of anilines is 1. The number of nitrogens with zero attached hydrogens (tertiary/aromatic N) is 1. The van der Waals surface area contributed by atoms with Gasteiger partial charge in [-0.3, -0.25) is 4.79 Å². The van der Waals surface area contributed by atoms with Crippen LogP contribution in [0.3, 0.4) is 0 Å². The summed E-state index contributed by atoms with van der Waals surface area (Å²) in [4.78, 5) is 11.7. The first kappa shape index (κ1) is 11.3. The molecule has 0 amide bonds. The second-order valence-electron chi connectivity index (χ2n) is 3.87. The molecule has 0 radical (unpaired) electrons. The van der Waals surface area contributed by atoms with Crippen molar-refractivity contribution in [1.82, 2.24) is 4.57 Å². The monoisotopic (exact) mass is 258 g/mol. The lowest BCUT2D eigenvalue weighted by atomic mass is 10.2. The maximum Gasteiger partial charge on any atom is 0.265 e. The van der Waals surface area contributed by atoms with Gasteiger partial charge in [0.1, 0.15) is 0 Å². The van der Waals surface area contributed by atoms with Crippen molar-refractivity contribution in [2.75, 3.05) is 5.73 Å². The van der Waals surface area contributed by atoms with Gasteiger partial charge in [0.05, 0.1) is 10.2 Å². The number of aromatic nitrogens is 1. The molecule has 1 heterocycles. The fourth-order valence-corrected chi connectivity index (χ4v) is 1.72. The lowest BCUT2D eigenvalue weighted by molar-refractivity contribution is 0.510. The quantitative estimate of drug-likeness (QED) is 0.884. The molecule has 0 aliphatic heterocycles. The molecule has 0 aliphatic rings. The molecule has 1 aromatic rings. The van der Waals surface area contributed by atoms with E-state index < -0.39 is 0 Å². The lowest BCUT2D eigenvalue weighted by Gasteiger charge is -2.12. The maximum atomic E-state index is 11.7.